The highest BCUT2D eigenvalue weighted by atomic mass is 32.1. The summed E-state index contributed by atoms with van der Waals surface area (Å²) in [6.07, 6.45) is 0.989. The topological polar surface area (TPSA) is 29.3 Å². The second kappa shape index (κ2) is 6.37. The van der Waals surface area contributed by atoms with Crippen LogP contribution in [0, 0.1) is 12.7 Å². The first kappa shape index (κ1) is 15.0. The average molecular weight is 292 g/mol. The van der Waals surface area contributed by atoms with E-state index < -0.39 is 0 Å². The van der Waals surface area contributed by atoms with Gasteiger partial charge in [0, 0.05) is 30.2 Å². The number of benzene rings is 1. The van der Waals surface area contributed by atoms with Crippen LogP contribution in [0.5, 0.6) is 0 Å². The molecule has 0 aliphatic rings. The quantitative estimate of drug-likeness (QED) is 0.905. The van der Waals surface area contributed by atoms with Crippen LogP contribution >= 0.6 is 11.3 Å². The molecule has 0 saturated carbocycles. The smallest absolute Gasteiger partial charge is 0.126 e. The maximum Gasteiger partial charge on any atom is 0.126 e. The van der Waals surface area contributed by atoms with Gasteiger partial charge in [-0.05, 0) is 55.0 Å². The summed E-state index contributed by atoms with van der Waals surface area (Å²) in [7, 11) is 2.03. The van der Waals surface area contributed by atoms with Gasteiger partial charge in [-0.2, -0.15) is 0 Å². The Kier molecular flexibility index (Phi) is 4.78. The molecule has 1 atom stereocenters. The summed E-state index contributed by atoms with van der Waals surface area (Å²) in [5.74, 6) is -0.187. The number of thiophene rings is 1. The maximum absolute atomic E-state index is 13.7. The van der Waals surface area contributed by atoms with E-state index in [0.29, 0.717) is 5.56 Å². The lowest BCUT2D eigenvalue weighted by molar-refractivity contribution is 0.612. The molecule has 0 aliphatic carbocycles. The van der Waals surface area contributed by atoms with Crippen LogP contribution in [0.1, 0.15) is 29.0 Å². The molecule has 0 unspecified atom stereocenters. The van der Waals surface area contributed by atoms with Crippen molar-refractivity contribution in [2.45, 2.75) is 26.3 Å². The highest BCUT2D eigenvalue weighted by Gasteiger charge is 2.14. The predicted molar refractivity (Wildman–Crippen MR) is 85.0 cm³/mol. The lowest BCUT2D eigenvalue weighted by Crippen LogP contribution is -2.23. The molecule has 2 rings (SSSR count). The zero-order valence-electron chi connectivity index (χ0n) is 12.2. The number of likely N-dealkylation sites (N-methyl/N-ethyl adjacent to an activating group) is 1. The van der Waals surface area contributed by atoms with E-state index in [1.54, 1.807) is 24.3 Å². The number of hydrogen-bond donors (Lipinski definition) is 1. The lowest BCUT2D eigenvalue weighted by Gasteiger charge is -2.24. The summed E-state index contributed by atoms with van der Waals surface area (Å²) >= 11 is 1.76. The molecule has 2 N–H and O–H groups in total. The Morgan fingerprint density at radius 1 is 1.40 bits per heavy atom. The van der Waals surface area contributed by atoms with Crippen LogP contribution in [-0.4, -0.2) is 13.6 Å². The highest BCUT2D eigenvalue weighted by molar-refractivity contribution is 7.09. The van der Waals surface area contributed by atoms with E-state index in [9.17, 15) is 4.39 Å². The number of nitrogens with two attached hydrogens (primary N) is 1. The zero-order valence-corrected chi connectivity index (χ0v) is 13.0. The largest absolute Gasteiger partial charge is 0.374 e. The normalized spacial score (nSPS) is 12.4. The van der Waals surface area contributed by atoms with Crippen molar-refractivity contribution < 1.29 is 4.39 Å². The standard InChI is InChI=1S/C16H21FN2S/c1-11-9-16(14(12(2)18)10-15(11)17)19(3)7-6-13-5-4-8-20-13/h4-5,8-10,12H,6-7,18H2,1-3H3/t12-/m0/s1. The van der Waals surface area contributed by atoms with E-state index in [1.165, 1.54) is 4.88 Å². The summed E-state index contributed by atoms with van der Waals surface area (Å²) < 4.78 is 13.7. The van der Waals surface area contributed by atoms with Crippen LogP contribution in [-0.2, 0) is 6.42 Å². The van der Waals surface area contributed by atoms with Crippen LogP contribution in [0.4, 0.5) is 10.1 Å². The summed E-state index contributed by atoms with van der Waals surface area (Å²) in [6.45, 7) is 4.57. The van der Waals surface area contributed by atoms with E-state index in [0.717, 1.165) is 24.2 Å². The van der Waals surface area contributed by atoms with E-state index in [-0.39, 0.29) is 11.9 Å². The molecule has 2 aromatic rings. The molecule has 108 valence electrons. The predicted octanol–water partition coefficient (Wildman–Crippen LogP) is 3.89. The number of anilines is 1. The fourth-order valence-corrected chi connectivity index (χ4v) is 2.93. The van der Waals surface area contributed by atoms with Gasteiger partial charge in [0.2, 0.25) is 0 Å². The van der Waals surface area contributed by atoms with Crippen LogP contribution in [0.2, 0.25) is 0 Å². The maximum atomic E-state index is 13.7. The van der Waals surface area contributed by atoms with Crippen molar-refractivity contribution in [2.75, 3.05) is 18.5 Å². The Hall–Kier alpha value is -1.39. The lowest BCUT2D eigenvalue weighted by atomic mass is 10.0. The van der Waals surface area contributed by atoms with Gasteiger partial charge in [0.05, 0.1) is 0 Å². The van der Waals surface area contributed by atoms with Crippen molar-refractivity contribution in [2.24, 2.45) is 5.73 Å². The number of hydrogen-bond acceptors (Lipinski definition) is 3. The molecule has 1 heterocycles. The summed E-state index contributed by atoms with van der Waals surface area (Å²) in [5, 5.41) is 2.09. The molecule has 0 bridgehead atoms. The molecule has 20 heavy (non-hydrogen) atoms. The molecular weight excluding hydrogens is 271 g/mol. The van der Waals surface area contributed by atoms with Crippen molar-refractivity contribution in [3.8, 4) is 0 Å². The first-order chi connectivity index (χ1) is 9.49. The van der Waals surface area contributed by atoms with Gasteiger partial charge in [0.25, 0.3) is 0 Å². The monoisotopic (exact) mass is 292 g/mol. The molecule has 0 aliphatic heterocycles. The van der Waals surface area contributed by atoms with E-state index >= 15 is 0 Å². The number of halogens is 1. The SMILES string of the molecule is Cc1cc(N(C)CCc2cccs2)c([C@H](C)N)cc1F. The Morgan fingerprint density at radius 3 is 2.75 bits per heavy atom. The highest BCUT2D eigenvalue weighted by Crippen LogP contribution is 2.28. The molecule has 1 aromatic carbocycles. The van der Waals surface area contributed by atoms with Gasteiger partial charge in [-0.3, -0.25) is 0 Å². The molecule has 2 nitrogen and oxygen atoms in total. The molecule has 0 spiro atoms. The second-order valence-corrected chi connectivity index (χ2v) is 6.23. The van der Waals surface area contributed by atoms with Gasteiger partial charge in [-0.25, -0.2) is 4.39 Å². The fourth-order valence-electron chi connectivity index (χ4n) is 2.23. The van der Waals surface area contributed by atoms with E-state index in [1.807, 2.05) is 20.0 Å². The van der Waals surface area contributed by atoms with Crippen molar-refractivity contribution >= 4 is 17.0 Å². The molecular formula is C16H21FN2S. The molecule has 0 fully saturated rings. The van der Waals surface area contributed by atoms with Crippen LogP contribution < -0.4 is 10.6 Å². The van der Waals surface area contributed by atoms with Crippen molar-refractivity contribution in [1.29, 1.82) is 0 Å². The Morgan fingerprint density at radius 2 is 2.15 bits per heavy atom. The third-order valence-electron chi connectivity index (χ3n) is 3.48. The first-order valence-corrected chi connectivity index (χ1v) is 7.66. The fraction of sp³-hybridized carbons (Fsp3) is 0.375. The van der Waals surface area contributed by atoms with Gasteiger partial charge >= 0.3 is 0 Å². The van der Waals surface area contributed by atoms with Gasteiger partial charge < -0.3 is 10.6 Å². The summed E-state index contributed by atoms with van der Waals surface area (Å²) in [4.78, 5) is 3.52. The third-order valence-corrected chi connectivity index (χ3v) is 4.42. The zero-order chi connectivity index (χ0) is 14.7. The van der Waals surface area contributed by atoms with Crippen molar-refractivity contribution in [3.05, 3.63) is 51.5 Å². The molecule has 1 aromatic heterocycles. The average Bonchev–Trinajstić information content (AvgIpc) is 2.91. The Bertz CT molecular complexity index is 564. The minimum absolute atomic E-state index is 0.177. The summed E-state index contributed by atoms with van der Waals surface area (Å²) in [5.41, 5.74) is 8.52. The summed E-state index contributed by atoms with van der Waals surface area (Å²) in [6, 6.07) is 7.49. The van der Waals surface area contributed by atoms with Gasteiger partial charge in [0.1, 0.15) is 5.82 Å². The molecule has 0 radical (unpaired) electrons. The van der Waals surface area contributed by atoms with Gasteiger partial charge in [0.15, 0.2) is 0 Å². The minimum Gasteiger partial charge on any atom is -0.374 e. The van der Waals surface area contributed by atoms with Crippen molar-refractivity contribution in [3.63, 3.8) is 0 Å². The number of aryl methyl sites for hydroxylation is 1. The molecule has 0 amide bonds. The molecule has 0 saturated heterocycles. The number of rotatable bonds is 5. The Labute approximate surface area is 124 Å². The van der Waals surface area contributed by atoms with Gasteiger partial charge in [-0.15, -0.1) is 11.3 Å². The number of nitrogens with zero attached hydrogens (tertiary/aromatic N) is 1. The minimum atomic E-state index is -0.187. The van der Waals surface area contributed by atoms with Gasteiger partial charge in [-0.1, -0.05) is 6.07 Å². The van der Waals surface area contributed by atoms with Crippen molar-refractivity contribution in [1.82, 2.24) is 0 Å². The van der Waals surface area contributed by atoms with E-state index in [2.05, 4.69) is 22.4 Å². The van der Waals surface area contributed by atoms with E-state index in [4.69, 9.17) is 5.73 Å². The molecule has 4 heteroatoms. The van der Waals surface area contributed by atoms with Crippen LogP contribution in [0.25, 0.3) is 0 Å². The van der Waals surface area contributed by atoms with Crippen LogP contribution in [0.3, 0.4) is 0 Å². The Balaban J connectivity index is 2.19. The second-order valence-electron chi connectivity index (χ2n) is 5.20. The van der Waals surface area contributed by atoms with Crippen LogP contribution in [0.15, 0.2) is 29.6 Å². The third kappa shape index (κ3) is 3.38. The first-order valence-electron chi connectivity index (χ1n) is 6.78.